The molecule has 4 fully saturated rings. The number of carbonyl (C=O) groups excluding carboxylic acids is 2. The van der Waals surface area contributed by atoms with Crippen molar-refractivity contribution in [2.24, 2.45) is 28.9 Å². The van der Waals surface area contributed by atoms with Crippen LogP contribution in [0.4, 0.5) is 0 Å². The first-order chi connectivity index (χ1) is 18.5. The third-order valence-electron chi connectivity index (χ3n) is 9.60. The molecule has 8 nitrogen and oxygen atoms in total. The average molecular weight is 541 g/mol. The van der Waals surface area contributed by atoms with Gasteiger partial charge in [0, 0.05) is 12.4 Å². The summed E-state index contributed by atoms with van der Waals surface area (Å²) in [6, 6.07) is 2.26. The lowest BCUT2D eigenvalue weighted by Gasteiger charge is -2.64. The van der Waals surface area contributed by atoms with E-state index >= 15 is 0 Å². The van der Waals surface area contributed by atoms with Crippen molar-refractivity contribution in [1.82, 2.24) is 15.6 Å². The molecule has 3 aliphatic carbocycles. The third kappa shape index (κ3) is 6.52. The molecule has 2 amide bonds. The molecule has 1 aromatic rings. The summed E-state index contributed by atoms with van der Waals surface area (Å²) in [5.74, 6) is 0.518. The zero-order valence-corrected chi connectivity index (χ0v) is 24.7. The Morgan fingerprint density at radius 1 is 1.18 bits per heavy atom. The fourth-order valence-corrected chi connectivity index (χ4v) is 7.09. The highest BCUT2D eigenvalue weighted by atomic mass is 16.7. The highest BCUT2D eigenvalue weighted by Gasteiger charge is 2.68. The molecule has 1 saturated heterocycles. The Labute approximate surface area is 235 Å². The minimum Gasteiger partial charge on any atom is -0.404 e. The van der Waals surface area contributed by atoms with Crippen molar-refractivity contribution >= 4 is 18.9 Å². The second-order valence-electron chi connectivity index (χ2n) is 13.3. The zero-order chi connectivity index (χ0) is 28.4. The van der Waals surface area contributed by atoms with E-state index in [0.29, 0.717) is 24.7 Å². The van der Waals surface area contributed by atoms with E-state index in [1.165, 1.54) is 6.42 Å². The summed E-state index contributed by atoms with van der Waals surface area (Å²) in [7, 11) is -0.487. The molecule has 0 unspecified atom stereocenters. The molecule has 39 heavy (non-hydrogen) atoms. The standard InChI is InChI=1S/C30H49BN4O4/c1-7-8-9-12-26(31-38-25-17-21-16-24(29(21,4)5)30(25,6)39-31)35-28(37)23(14-19(2)3)34-27(36)22(32)15-20-11-10-13-33-18-20/h10-11,13,18-19,21-26H,7-9,12,14-17,32H2,1-6H3,(H,34,36)(H,35,37)/t21-,22+,23-,24-,25+,26-,30-/m0/s1. The predicted octanol–water partition coefficient (Wildman–Crippen LogP) is 3.81. The van der Waals surface area contributed by atoms with Crippen molar-refractivity contribution in [2.75, 3.05) is 0 Å². The predicted molar refractivity (Wildman–Crippen MR) is 153 cm³/mol. The molecule has 216 valence electrons. The maximum absolute atomic E-state index is 13.7. The number of rotatable bonds is 13. The van der Waals surface area contributed by atoms with Gasteiger partial charge in [-0.2, -0.15) is 0 Å². The molecule has 2 bridgehead atoms. The molecule has 0 aromatic carbocycles. The van der Waals surface area contributed by atoms with Crippen molar-refractivity contribution in [3.63, 3.8) is 0 Å². The van der Waals surface area contributed by atoms with Gasteiger partial charge < -0.3 is 25.7 Å². The molecule has 9 heteroatoms. The second kappa shape index (κ2) is 12.3. The summed E-state index contributed by atoms with van der Waals surface area (Å²) in [5.41, 5.74) is 7.02. The molecule has 1 aliphatic heterocycles. The minimum atomic E-state index is -0.767. The number of aromatic nitrogens is 1. The normalized spacial score (nSPS) is 29.2. The van der Waals surface area contributed by atoms with Crippen LogP contribution >= 0.6 is 0 Å². The molecule has 3 saturated carbocycles. The lowest BCUT2D eigenvalue weighted by atomic mass is 9.43. The number of carbonyl (C=O) groups is 2. The van der Waals surface area contributed by atoms with Gasteiger partial charge in [-0.25, -0.2) is 0 Å². The van der Waals surface area contributed by atoms with Crippen LogP contribution in [0.2, 0.25) is 0 Å². The van der Waals surface area contributed by atoms with Crippen LogP contribution in [0.3, 0.4) is 0 Å². The van der Waals surface area contributed by atoms with Gasteiger partial charge in [0.25, 0.3) is 0 Å². The molecule has 0 radical (unpaired) electrons. The number of unbranched alkanes of at least 4 members (excludes halogenated alkanes) is 2. The lowest BCUT2D eigenvalue weighted by Crippen LogP contribution is -2.65. The van der Waals surface area contributed by atoms with Crippen LogP contribution in [0.25, 0.3) is 0 Å². The van der Waals surface area contributed by atoms with E-state index < -0.39 is 19.2 Å². The van der Waals surface area contributed by atoms with Gasteiger partial charge in [-0.3, -0.25) is 14.6 Å². The van der Waals surface area contributed by atoms with Gasteiger partial charge >= 0.3 is 7.12 Å². The van der Waals surface area contributed by atoms with Crippen LogP contribution in [-0.4, -0.2) is 53.6 Å². The summed E-state index contributed by atoms with van der Waals surface area (Å²) in [6.07, 6.45) is 10.4. The van der Waals surface area contributed by atoms with E-state index in [2.05, 4.69) is 43.3 Å². The van der Waals surface area contributed by atoms with E-state index in [1.807, 2.05) is 26.0 Å². The number of hydrogen-bond donors (Lipinski definition) is 3. The number of nitrogens with zero attached hydrogens (tertiary/aromatic N) is 1. The first-order valence-corrected chi connectivity index (χ1v) is 15.0. The zero-order valence-electron chi connectivity index (χ0n) is 24.7. The Morgan fingerprint density at radius 3 is 2.59 bits per heavy atom. The summed E-state index contributed by atoms with van der Waals surface area (Å²) in [6.45, 7) is 13.2. The Morgan fingerprint density at radius 2 is 1.95 bits per heavy atom. The molecular formula is C30H49BN4O4. The van der Waals surface area contributed by atoms with Crippen LogP contribution in [0.15, 0.2) is 24.5 Å². The SMILES string of the molecule is CCCCC[C@H](NC(=O)[C@H](CC(C)C)NC(=O)[C@H](N)Cc1cccnc1)B1O[C@@H]2C[C@@H]3C[C@@H](C3(C)C)[C@]2(C)O1. The summed E-state index contributed by atoms with van der Waals surface area (Å²) >= 11 is 0. The quantitative estimate of drug-likeness (QED) is 0.259. The smallest absolute Gasteiger partial charge is 0.404 e. The molecule has 4 aliphatic rings. The van der Waals surface area contributed by atoms with E-state index in [1.54, 1.807) is 12.4 Å². The third-order valence-corrected chi connectivity index (χ3v) is 9.60. The molecule has 5 rings (SSSR count). The number of nitrogens with two attached hydrogens (primary N) is 1. The lowest BCUT2D eigenvalue weighted by molar-refractivity contribution is -0.199. The van der Waals surface area contributed by atoms with E-state index in [9.17, 15) is 9.59 Å². The maximum atomic E-state index is 13.7. The van der Waals surface area contributed by atoms with Crippen molar-refractivity contribution in [3.8, 4) is 0 Å². The first kappa shape index (κ1) is 30.0. The van der Waals surface area contributed by atoms with Gasteiger partial charge in [0.15, 0.2) is 0 Å². The fraction of sp³-hybridized carbons (Fsp3) is 0.767. The molecular weight excluding hydrogens is 491 g/mol. The fourth-order valence-electron chi connectivity index (χ4n) is 7.09. The topological polar surface area (TPSA) is 116 Å². The maximum Gasteiger partial charge on any atom is 0.481 e. The Hall–Kier alpha value is -1.97. The monoisotopic (exact) mass is 540 g/mol. The van der Waals surface area contributed by atoms with Crippen molar-refractivity contribution in [3.05, 3.63) is 30.1 Å². The Bertz CT molecular complexity index is 992. The number of hydrogen-bond acceptors (Lipinski definition) is 6. The van der Waals surface area contributed by atoms with Gasteiger partial charge in [0.05, 0.1) is 23.7 Å². The molecule has 4 N–H and O–H groups in total. The minimum absolute atomic E-state index is 0.0569. The number of amides is 2. The van der Waals surface area contributed by atoms with E-state index in [4.69, 9.17) is 15.0 Å². The van der Waals surface area contributed by atoms with E-state index in [0.717, 1.165) is 37.7 Å². The van der Waals surface area contributed by atoms with E-state index in [-0.39, 0.29) is 40.8 Å². The van der Waals surface area contributed by atoms with Crippen LogP contribution in [-0.2, 0) is 25.3 Å². The summed E-state index contributed by atoms with van der Waals surface area (Å²) in [4.78, 5) is 30.8. The van der Waals surface area contributed by atoms with Crippen molar-refractivity contribution in [2.45, 2.75) is 123 Å². The Balaban J connectivity index is 1.43. The van der Waals surface area contributed by atoms with Gasteiger partial charge in [-0.1, -0.05) is 59.9 Å². The first-order valence-electron chi connectivity index (χ1n) is 15.0. The second-order valence-corrected chi connectivity index (χ2v) is 13.3. The van der Waals surface area contributed by atoms with Crippen LogP contribution in [0.1, 0.15) is 92.1 Å². The molecule has 0 spiro atoms. The van der Waals surface area contributed by atoms with Crippen molar-refractivity contribution < 1.29 is 18.9 Å². The molecule has 2 heterocycles. The van der Waals surface area contributed by atoms with Crippen LogP contribution < -0.4 is 16.4 Å². The van der Waals surface area contributed by atoms with Gasteiger partial charge in [-0.15, -0.1) is 0 Å². The summed E-state index contributed by atoms with van der Waals surface area (Å²) in [5, 5.41) is 6.17. The van der Waals surface area contributed by atoms with Crippen molar-refractivity contribution in [1.29, 1.82) is 0 Å². The van der Waals surface area contributed by atoms with Gasteiger partial charge in [-0.05, 0) is 73.8 Å². The largest absolute Gasteiger partial charge is 0.481 e. The van der Waals surface area contributed by atoms with Gasteiger partial charge in [0.1, 0.15) is 6.04 Å². The Kier molecular flexibility index (Phi) is 9.44. The van der Waals surface area contributed by atoms with Crippen LogP contribution in [0, 0.1) is 23.2 Å². The van der Waals surface area contributed by atoms with Crippen LogP contribution in [0.5, 0.6) is 0 Å². The van der Waals surface area contributed by atoms with Gasteiger partial charge in [0.2, 0.25) is 11.8 Å². The number of pyridine rings is 1. The number of nitrogens with one attached hydrogen (secondary N) is 2. The molecule has 7 atom stereocenters. The molecule has 1 aromatic heterocycles. The highest BCUT2D eigenvalue weighted by Crippen LogP contribution is 2.65. The highest BCUT2D eigenvalue weighted by molar-refractivity contribution is 6.47. The summed E-state index contributed by atoms with van der Waals surface area (Å²) < 4.78 is 13.3. The average Bonchev–Trinajstić information content (AvgIpc) is 3.25.